The second kappa shape index (κ2) is 9.27. The molecule has 1 aliphatic heterocycles. The molecular weight excluding hydrogens is 386 g/mol. The van der Waals surface area contributed by atoms with E-state index in [1.54, 1.807) is 0 Å². The van der Waals surface area contributed by atoms with Crippen LogP contribution in [0, 0.1) is 19.8 Å². The third kappa shape index (κ3) is 5.27. The summed E-state index contributed by atoms with van der Waals surface area (Å²) >= 11 is 6.30. The average molecular weight is 412 g/mol. The van der Waals surface area contributed by atoms with E-state index in [4.69, 9.17) is 26.4 Å². The molecule has 1 heterocycles. The van der Waals surface area contributed by atoms with Gasteiger partial charge in [-0.25, -0.2) is 4.99 Å². The molecule has 1 unspecified atom stereocenters. The summed E-state index contributed by atoms with van der Waals surface area (Å²) in [7, 11) is 0. The van der Waals surface area contributed by atoms with E-state index in [2.05, 4.69) is 39.0 Å². The average Bonchev–Trinajstić information content (AvgIpc) is 2.67. The third-order valence-corrected chi connectivity index (χ3v) is 5.54. The normalized spacial score (nSPS) is 16.2. The maximum absolute atomic E-state index is 10.7. The van der Waals surface area contributed by atoms with Crippen LogP contribution < -0.4 is 0 Å². The second-order valence-corrected chi connectivity index (χ2v) is 7.96. The van der Waals surface area contributed by atoms with Gasteiger partial charge in [0.25, 0.3) is 0 Å². The molecule has 29 heavy (non-hydrogen) atoms. The first-order chi connectivity index (χ1) is 13.8. The van der Waals surface area contributed by atoms with Gasteiger partial charge in [0.05, 0.1) is 5.71 Å². The summed E-state index contributed by atoms with van der Waals surface area (Å²) in [6.45, 7) is 6.78. The molecule has 3 rings (SSSR count). The van der Waals surface area contributed by atoms with Crippen molar-refractivity contribution in [2.45, 2.75) is 46.6 Å². The van der Waals surface area contributed by atoms with E-state index in [1.807, 2.05) is 24.3 Å². The van der Waals surface area contributed by atoms with Crippen molar-refractivity contribution in [1.82, 2.24) is 0 Å². The molecule has 0 radical (unpaired) electrons. The molecule has 0 bridgehead atoms. The highest BCUT2D eigenvalue weighted by molar-refractivity contribution is 6.31. The number of carboxylic acid groups (broad SMARTS) is 1. The Morgan fingerprint density at radius 2 is 1.97 bits per heavy atom. The van der Waals surface area contributed by atoms with Crippen LogP contribution in [0.1, 0.15) is 47.6 Å². The van der Waals surface area contributed by atoms with Gasteiger partial charge in [-0.1, -0.05) is 48.9 Å². The summed E-state index contributed by atoms with van der Waals surface area (Å²) in [6.07, 6.45) is 3.40. The van der Waals surface area contributed by atoms with Gasteiger partial charge in [-0.15, -0.1) is 0 Å². The first kappa shape index (κ1) is 21.1. The number of rotatable bonds is 7. The van der Waals surface area contributed by atoms with Crippen LogP contribution in [0.25, 0.3) is 0 Å². The Morgan fingerprint density at radius 3 is 2.62 bits per heavy atom. The fraction of sp³-hybridized carbons (Fsp3) is 0.333. The molecule has 0 amide bonds. The zero-order chi connectivity index (χ0) is 21.0. The number of benzene rings is 2. The van der Waals surface area contributed by atoms with Gasteiger partial charge >= 0.3 is 5.97 Å². The Hall–Kier alpha value is -2.59. The van der Waals surface area contributed by atoms with Crippen molar-refractivity contribution in [2.75, 3.05) is 0 Å². The lowest BCUT2D eigenvalue weighted by Crippen LogP contribution is -2.19. The Morgan fingerprint density at radius 1 is 1.24 bits per heavy atom. The number of allylic oxidation sites excluding steroid dienone is 1. The molecule has 152 valence electrons. The smallest absolute Gasteiger partial charge is 0.303 e. The summed E-state index contributed by atoms with van der Waals surface area (Å²) in [5.74, 6) is 0.140. The number of nitrogens with zero attached hydrogens (tertiary/aromatic N) is 1. The third-order valence-electron chi connectivity index (χ3n) is 5.19. The number of aryl methyl sites for hydroxylation is 3. The van der Waals surface area contributed by atoms with Crippen LogP contribution in [0.15, 0.2) is 53.3 Å². The van der Waals surface area contributed by atoms with E-state index >= 15 is 0 Å². The Bertz CT molecular complexity index is 958. The number of aliphatic carboxylic acids is 1. The second-order valence-electron chi connectivity index (χ2n) is 7.55. The predicted molar refractivity (Wildman–Crippen MR) is 117 cm³/mol. The number of halogens is 1. The van der Waals surface area contributed by atoms with Crippen LogP contribution >= 0.6 is 11.6 Å². The van der Waals surface area contributed by atoms with Gasteiger partial charge in [0.1, 0.15) is 6.61 Å². The standard InChI is InChI=1S/C24H26ClNO3/c1-15-5-4-6-16(2)23(15)24-17(3)7-11-21(26-24)29-14-18-8-9-19(20(25)13-18)10-12-22(27)28/h4-6,8-9,11,13,17H,7,10,12,14H2,1-3H3,(H,27,28). The minimum atomic E-state index is -0.829. The van der Waals surface area contributed by atoms with Crippen LogP contribution in [0.3, 0.4) is 0 Å². The van der Waals surface area contributed by atoms with E-state index in [0.29, 0.717) is 29.9 Å². The molecule has 0 saturated carbocycles. The predicted octanol–water partition coefficient (Wildman–Crippen LogP) is 5.86. The largest absolute Gasteiger partial charge is 0.481 e. The van der Waals surface area contributed by atoms with Gasteiger partial charge in [0.15, 0.2) is 0 Å². The molecule has 0 fully saturated rings. The summed E-state index contributed by atoms with van der Waals surface area (Å²) in [4.78, 5) is 15.6. The quantitative estimate of drug-likeness (QED) is 0.620. The lowest BCUT2D eigenvalue weighted by atomic mass is 9.88. The van der Waals surface area contributed by atoms with Crippen molar-refractivity contribution >= 4 is 23.3 Å². The van der Waals surface area contributed by atoms with Crippen molar-refractivity contribution in [3.8, 4) is 0 Å². The SMILES string of the molecule is Cc1cccc(C)c1C1=NC(OCc2ccc(CCC(=O)O)c(Cl)c2)=CCC1C. The highest BCUT2D eigenvalue weighted by atomic mass is 35.5. The zero-order valence-corrected chi connectivity index (χ0v) is 17.8. The summed E-state index contributed by atoms with van der Waals surface area (Å²) in [5, 5.41) is 9.39. The lowest BCUT2D eigenvalue weighted by molar-refractivity contribution is -0.136. The van der Waals surface area contributed by atoms with Crippen LogP contribution in [-0.2, 0) is 22.6 Å². The van der Waals surface area contributed by atoms with Gasteiger partial charge in [-0.2, -0.15) is 0 Å². The number of aliphatic imine (C=N–C) groups is 1. The van der Waals surface area contributed by atoms with Gasteiger partial charge in [0, 0.05) is 22.9 Å². The maximum Gasteiger partial charge on any atom is 0.303 e. The Balaban J connectivity index is 1.72. The number of ether oxygens (including phenoxy) is 1. The molecule has 5 heteroatoms. The van der Waals surface area contributed by atoms with Crippen molar-refractivity contribution in [3.05, 3.63) is 81.2 Å². The molecule has 0 aromatic heterocycles. The first-order valence-corrected chi connectivity index (χ1v) is 10.2. The van der Waals surface area contributed by atoms with E-state index in [0.717, 1.165) is 23.3 Å². The van der Waals surface area contributed by atoms with Crippen molar-refractivity contribution in [2.24, 2.45) is 10.9 Å². The molecule has 1 aliphatic rings. The van der Waals surface area contributed by atoms with E-state index in [-0.39, 0.29) is 6.42 Å². The molecule has 1 atom stereocenters. The highest BCUT2D eigenvalue weighted by Gasteiger charge is 2.21. The van der Waals surface area contributed by atoms with Crippen molar-refractivity contribution < 1.29 is 14.6 Å². The number of carboxylic acids is 1. The molecule has 0 spiro atoms. The molecule has 2 aromatic rings. The molecule has 0 aliphatic carbocycles. The fourth-order valence-corrected chi connectivity index (χ4v) is 3.86. The van der Waals surface area contributed by atoms with Gasteiger partial charge in [0.2, 0.25) is 5.88 Å². The first-order valence-electron chi connectivity index (χ1n) is 9.82. The fourth-order valence-electron chi connectivity index (χ4n) is 3.56. The van der Waals surface area contributed by atoms with Crippen LogP contribution in [0.4, 0.5) is 0 Å². The van der Waals surface area contributed by atoms with Crippen molar-refractivity contribution in [3.63, 3.8) is 0 Å². The van der Waals surface area contributed by atoms with Crippen molar-refractivity contribution in [1.29, 1.82) is 0 Å². The summed E-state index contributed by atoms with van der Waals surface area (Å²) in [5.41, 5.74) is 6.48. The van der Waals surface area contributed by atoms with E-state index in [1.165, 1.54) is 16.7 Å². The van der Waals surface area contributed by atoms with Gasteiger partial charge in [-0.3, -0.25) is 4.79 Å². The molecule has 4 nitrogen and oxygen atoms in total. The Labute approximate surface area is 176 Å². The summed E-state index contributed by atoms with van der Waals surface area (Å²) < 4.78 is 5.96. The van der Waals surface area contributed by atoms with Gasteiger partial charge in [-0.05, 0) is 61.1 Å². The van der Waals surface area contributed by atoms with Crippen LogP contribution in [0.5, 0.6) is 0 Å². The van der Waals surface area contributed by atoms with E-state index < -0.39 is 5.97 Å². The van der Waals surface area contributed by atoms with Gasteiger partial charge < -0.3 is 9.84 Å². The van der Waals surface area contributed by atoms with Crippen LogP contribution in [0.2, 0.25) is 5.02 Å². The lowest BCUT2D eigenvalue weighted by Gasteiger charge is -2.22. The minimum absolute atomic E-state index is 0.0659. The zero-order valence-electron chi connectivity index (χ0n) is 17.0. The Kier molecular flexibility index (Phi) is 6.75. The van der Waals surface area contributed by atoms with E-state index in [9.17, 15) is 4.79 Å². The van der Waals surface area contributed by atoms with Crippen LogP contribution in [-0.4, -0.2) is 16.8 Å². The highest BCUT2D eigenvalue weighted by Crippen LogP contribution is 2.27. The molecule has 1 N–H and O–H groups in total. The topological polar surface area (TPSA) is 58.9 Å². The number of hydrogen-bond donors (Lipinski definition) is 1. The summed E-state index contributed by atoms with van der Waals surface area (Å²) in [6, 6.07) is 11.9. The molecule has 0 saturated heterocycles. The number of carbonyl (C=O) groups is 1. The minimum Gasteiger partial charge on any atom is -0.481 e. The maximum atomic E-state index is 10.7. The number of hydrogen-bond acceptors (Lipinski definition) is 3. The molecular formula is C24H26ClNO3. The molecule has 2 aromatic carbocycles. The monoisotopic (exact) mass is 411 g/mol.